The van der Waals surface area contributed by atoms with Crippen molar-refractivity contribution in [1.29, 1.82) is 0 Å². The number of nitrogens with one attached hydrogen (secondary N) is 1. The van der Waals surface area contributed by atoms with Crippen LogP contribution in [0.1, 0.15) is 18.9 Å². The van der Waals surface area contributed by atoms with Crippen LogP contribution in [0.25, 0.3) is 0 Å². The number of rotatable bonds is 10. The summed E-state index contributed by atoms with van der Waals surface area (Å²) in [5, 5.41) is 2.95. The molecule has 0 spiro atoms. The van der Waals surface area contributed by atoms with Gasteiger partial charge in [0, 0.05) is 24.1 Å². The Morgan fingerprint density at radius 1 is 1.12 bits per heavy atom. The van der Waals surface area contributed by atoms with E-state index in [-0.39, 0.29) is 5.91 Å². The van der Waals surface area contributed by atoms with Crippen molar-refractivity contribution in [2.45, 2.75) is 25.2 Å². The molecule has 25 heavy (non-hydrogen) atoms. The molecule has 2 aromatic rings. The molecule has 0 heterocycles. The van der Waals surface area contributed by atoms with Gasteiger partial charge in [0.1, 0.15) is 11.5 Å². The third-order valence-electron chi connectivity index (χ3n) is 3.64. The quantitative estimate of drug-likeness (QED) is 0.654. The Kier molecular flexibility index (Phi) is 8.19. The summed E-state index contributed by atoms with van der Waals surface area (Å²) in [6.45, 7) is 2.57. The fourth-order valence-corrected chi connectivity index (χ4v) is 3.10. The van der Waals surface area contributed by atoms with Crippen LogP contribution in [0, 0.1) is 0 Å². The molecule has 0 aromatic heterocycles. The van der Waals surface area contributed by atoms with E-state index < -0.39 is 6.10 Å². The van der Waals surface area contributed by atoms with E-state index in [1.54, 1.807) is 24.9 Å². The summed E-state index contributed by atoms with van der Waals surface area (Å²) >= 11 is 1.80. The average molecular weight is 359 g/mol. The molecule has 134 valence electrons. The first kappa shape index (κ1) is 19.2. The minimum absolute atomic E-state index is 0.0781. The van der Waals surface area contributed by atoms with Gasteiger partial charge in [0.25, 0.3) is 5.91 Å². The standard InChI is InChI=1S/C20H25NO3S/c1-3-19(24-18-11-7-10-17(14-18)23-2)20(22)21-12-13-25-15-16-8-5-4-6-9-16/h4-11,14,19H,3,12-13,15H2,1-2H3,(H,21,22)/t19-/m1/s1. The fourth-order valence-electron chi connectivity index (χ4n) is 2.29. The highest BCUT2D eigenvalue weighted by atomic mass is 32.2. The van der Waals surface area contributed by atoms with Gasteiger partial charge >= 0.3 is 0 Å². The van der Waals surface area contributed by atoms with Crippen LogP contribution in [0.4, 0.5) is 0 Å². The van der Waals surface area contributed by atoms with Crippen LogP contribution in [-0.2, 0) is 10.5 Å². The number of ether oxygens (including phenoxy) is 2. The summed E-state index contributed by atoms with van der Waals surface area (Å²) in [5.74, 6) is 3.10. The second kappa shape index (κ2) is 10.7. The number of benzene rings is 2. The number of methoxy groups -OCH3 is 1. The zero-order valence-corrected chi connectivity index (χ0v) is 15.6. The van der Waals surface area contributed by atoms with E-state index >= 15 is 0 Å². The molecule has 0 saturated carbocycles. The van der Waals surface area contributed by atoms with Crippen LogP contribution in [0.2, 0.25) is 0 Å². The van der Waals surface area contributed by atoms with Crippen LogP contribution < -0.4 is 14.8 Å². The van der Waals surface area contributed by atoms with Crippen molar-refractivity contribution in [3.63, 3.8) is 0 Å². The SMILES string of the molecule is CC[C@@H](Oc1cccc(OC)c1)C(=O)NCCSCc1ccccc1. The molecular formula is C20H25NO3S. The molecule has 0 fully saturated rings. The van der Waals surface area contributed by atoms with Crippen molar-refractivity contribution in [1.82, 2.24) is 5.32 Å². The Morgan fingerprint density at radius 2 is 1.88 bits per heavy atom. The molecule has 0 bridgehead atoms. The summed E-state index contributed by atoms with van der Waals surface area (Å²) in [4.78, 5) is 12.3. The molecule has 5 heteroatoms. The van der Waals surface area contributed by atoms with Gasteiger partial charge in [-0.05, 0) is 24.1 Å². The molecule has 0 saturated heterocycles. The number of amides is 1. The molecule has 1 amide bonds. The maximum absolute atomic E-state index is 12.3. The summed E-state index contributed by atoms with van der Waals surface area (Å²) in [6.07, 6.45) is 0.117. The van der Waals surface area contributed by atoms with Gasteiger partial charge in [0.2, 0.25) is 0 Å². The lowest BCUT2D eigenvalue weighted by molar-refractivity contribution is -0.127. The lowest BCUT2D eigenvalue weighted by Gasteiger charge is -2.17. The lowest BCUT2D eigenvalue weighted by atomic mass is 10.2. The van der Waals surface area contributed by atoms with Gasteiger partial charge in [-0.2, -0.15) is 11.8 Å². The van der Waals surface area contributed by atoms with E-state index in [1.165, 1.54) is 5.56 Å². The lowest BCUT2D eigenvalue weighted by Crippen LogP contribution is -2.39. The van der Waals surface area contributed by atoms with Gasteiger partial charge in [0.05, 0.1) is 7.11 Å². The minimum Gasteiger partial charge on any atom is -0.497 e. The molecule has 0 aliphatic rings. The summed E-state index contributed by atoms with van der Waals surface area (Å²) in [7, 11) is 1.61. The molecule has 4 nitrogen and oxygen atoms in total. The second-order valence-electron chi connectivity index (χ2n) is 5.52. The summed E-state index contributed by atoms with van der Waals surface area (Å²) in [5.41, 5.74) is 1.30. The summed E-state index contributed by atoms with van der Waals surface area (Å²) < 4.78 is 11.0. The summed E-state index contributed by atoms with van der Waals surface area (Å²) in [6, 6.07) is 17.6. The predicted molar refractivity (Wildman–Crippen MR) is 103 cm³/mol. The van der Waals surface area contributed by atoms with Crippen LogP contribution in [0.15, 0.2) is 54.6 Å². The van der Waals surface area contributed by atoms with E-state index in [2.05, 4.69) is 17.4 Å². The molecule has 1 N–H and O–H groups in total. The first-order valence-corrected chi connectivity index (χ1v) is 9.58. The molecule has 2 aromatic carbocycles. The van der Waals surface area contributed by atoms with E-state index in [0.29, 0.717) is 24.5 Å². The van der Waals surface area contributed by atoms with Crippen LogP contribution in [0.5, 0.6) is 11.5 Å². The number of hydrogen-bond acceptors (Lipinski definition) is 4. The molecular weight excluding hydrogens is 334 g/mol. The van der Waals surface area contributed by atoms with E-state index in [0.717, 1.165) is 11.5 Å². The van der Waals surface area contributed by atoms with Crippen LogP contribution >= 0.6 is 11.8 Å². The zero-order chi connectivity index (χ0) is 17.9. The first-order valence-electron chi connectivity index (χ1n) is 8.43. The first-order chi connectivity index (χ1) is 12.2. The molecule has 0 unspecified atom stereocenters. The molecule has 2 rings (SSSR count). The van der Waals surface area contributed by atoms with Crippen molar-refractivity contribution in [2.75, 3.05) is 19.4 Å². The van der Waals surface area contributed by atoms with Gasteiger partial charge in [-0.25, -0.2) is 0 Å². The van der Waals surface area contributed by atoms with Gasteiger partial charge < -0.3 is 14.8 Å². The number of hydrogen-bond donors (Lipinski definition) is 1. The molecule has 0 radical (unpaired) electrons. The van der Waals surface area contributed by atoms with Crippen LogP contribution in [-0.4, -0.2) is 31.4 Å². The van der Waals surface area contributed by atoms with Crippen molar-refractivity contribution in [2.24, 2.45) is 0 Å². The van der Waals surface area contributed by atoms with E-state index in [1.807, 2.05) is 43.3 Å². The monoisotopic (exact) mass is 359 g/mol. The highest BCUT2D eigenvalue weighted by Gasteiger charge is 2.18. The Labute approximate surface area is 153 Å². The Morgan fingerprint density at radius 3 is 2.60 bits per heavy atom. The van der Waals surface area contributed by atoms with Crippen molar-refractivity contribution < 1.29 is 14.3 Å². The van der Waals surface area contributed by atoms with Gasteiger partial charge in [-0.3, -0.25) is 4.79 Å². The third kappa shape index (κ3) is 6.70. The van der Waals surface area contributed by atoms with Gasteiger partial charge in [0.15, 0.2) is 6.10 Å². The maximum Gasteiger partial charge on any atom is 0.261 e. The van der Waals surface area contributed by atoms with Crippen molar-refractivity contribution in [3.8, 4) is 11.5 Å². The molecule has 0 aliphatic heterocycles. The zero-order valence-electron chi connectivity index (χ0n) is 14.7. The number of carbonyl (C=O) groups is 1. The average Bonchev–Trinajstić information content (AvgIpc) is 2.66. The van der Waals surface area contributed by atoms with E-state index in [9.17, 15) is 4.79 Å². The smallest absolute Gasteiger partial charge is 0.261 e. The topological polar surface area (TPSA) is 47.6 Å². The minimum atomic E-state index is -0.494. The maximum atomic E-state index is 12.3. The predicted octanol–water partition coefficient (Wildman–Crippen LogP) is 3.90. The largest absolute Gasteiger partial charge is 0.497 e. The number of carbonyl (C=O) groups excluding carboxylic acids is 1. The Hall–Kier alpha value is -2.14. The Balaban J connectivity index is 1.72. The molecule has 1 atom stereocenters. The fraction of sp³-hybridized carbons (Fsp3) is 0.350. The highest BCUT2D eigenvalue weighted by Crippen LogP contribution is 2.20. The van der Waals surface area contributed by atoms with Crippen LogP contribution in [0.3, 0.4) is 0 Å². The number of thioether (sulfide) groups is 1. The van der Waals surface area contributed by atoms with E-state index in [4.69, 9.17) is 9.47 Å². The second-order valence-corrected chi connectivity index (χ2v) is 6.63. The van der Waals surface area contributed by atoms with Gasteiger partial charge in [-0.15, -0.1) is 0 Å². The Bertz CT molecular complexity index is 648. The van der Waals surface area contributed by atoms with Crippen molar-refractivity contribution >= 4 is 17.7 Å². The molecule has 0 aliphatic carbocycles. The third-order valence-corrected chi connectivity index (χ3v) is 4.67. The normalized spacial score (nSPS) is 11.6. The van der Waals surface area contributed by atoms with Gasteiger partial charge in [-0.1, -0.05) is 43.3 Å². The highest BCUT2D eigenvalue weighted by molar-refractivity contribution is 7.98. The van der Waals surface area contributed by atoms with Crippen molar-refractivity contribution in [3.05, 3.63) is 60.2 Å².